The maximum atomic E-state index is 12.4. The highest BCUT2D eigenvalue weighted by Gasteiger charge is 2.19. The van der Waals surface area contributed by atoms with Crippen LogP contribution >= 0.6 is 11.3 Å². The number of pyridine rings is 1. The van der Waals surface area contributed by atoms with Crippen molar-refractivity contribution >= 4 is 34.0 Å². The number of aliphatic hydroxyl groups is 1. The summed E-state index contributed by atoms with van der Waals surface area (Å²) in [5.74, 6) is -1.70. The third kappa shape index (κ3) is 3.38. The van der Waals surface area contributed by atoms with Gasteiger partial charge < -0.3 is 15.2 Å². The Morgan fingerprint density at radius 2 is 1.96 bits per heavy atom. The Morgan fingerprint density at radius 1 is 1.16 bits per heavy atom. The van der Waals surface area contributed by atoms with Crippen LogP contribution in [0.4, 0.5) is 0 Å². The van der Waals surface area contributed by atoms with E-state index in [0.717, 1.165) is 10.4 Å². The molecule has 2 heterocycles. The Labute approximate surface area is 146 Å². The van der Waals surface area contributed by atoms with E-state index in [4.69, 9.17) is 5.11 Å². The van der Waals surface area contributed by atoms with E-state index in [0.29, 0.717) is 10.9 Å². The van der Waals surface area contributed by atoms with Gasteiger partial charge in [-0.05, 0) is 23.1 Å². The molecule has 0 aliphatic heterocycles. The minimum Gasteiger partial charge on any atom is -0.481 e. The predicted molar refractivity (Wildman–Crippen MR) is 95.0 cm³/mol. The van der Waals surface area contributed by atoms with Crippen molar-refractivity contribution < 1.29 is 19.8 Å². The smallest absolute Gasteiger partial charge is 0.303 e. The fourth-order valence-corrected chi connectivity index (χ4v) is 3.49. The summed E-state index contributed by atoms with van der Waals surface area (Å²) in [5, 5.41) is 20.9. The van der Waals surface area contributed by atoms with E-state index in [1.54, 1.807) is 23.5 Å². The van der Waals surface area contributed by atoms with Crippen LogP contribution in [0, 0.1) is 0 Å². The monoisotopic (exact) mass is 357 g/mol. The second kappa shape index (κ2) is 7.00. The minimum atomic E-state index is -1.11. The second-order valence-corrected chi connectivity index (χ2v) is 6.47. The topological polar surface area (TPSA) is 107 Å². The molecule has 7 heteroatoms. The van der Waals surface area contributed by atoms with Crippen molar-refractivity contribution in [2.24, 2.45) is 0 Å². The van der Waals surface area contributed by atoms with Crippen molar-refractivity contribution in [3.05, 3.63) is 57.2 Å². The Bertz CT molecular complexity index is 1000. The molecule has 0 bridgehead atoms. The van der Waals surface area contributed by atoms with E-state index >= 15 is 0 Å². The largest absolute Gasteiger partial charge is 0.481 e. The molecule has 0 atom stereocenters. The zero-order valence-electron chi connectivity index (χ0n) is 13.1. The first-order valence-electron chi connectivity index (χ1n) is 7.60. The number of fused-ring (bicyclic) bond motifs is 1. The van der Waals surface area contributed by atoms with Gasteiger partial charge >= 0.3 is 5.97 Å². The number of carbonyl (C=O) groups is 2. The molecule has 2 aromatic heterocycles. The first-order chi connectivity index (χ1) is 12.0. The average Bonchev–Trinajstić information content (AvgIpc) is 3.12. The van der Waals surface area contributed by atoms with Crippen molar-refractivity contribution in [3.63, 3.8) is 0 Å². The maximum Gasteiger partial charge on any atom is 0.303 e. The Morgan fingerprint density at radius 3 is 2.60 bits per heavy atom. The molecule has 25 heavy (non-hydrogen) atoms. The molecule has 0 spiro atoms. The Hall–Kier alpha value is -2.77. The summed E-state index contributed by atoms with van der Waals surface area (Å²) in [7, 11) is 0. The number of Topliss-reactive ketones (excluding diaryl/α,β-unsaturated/α-hetero) is 1. The van der Waals surface area contributed by atoms with Gasteiger partial charge in [0, 0.05) is 27.8 Å². The van der Waals surface area contributed by atoms with Gasteiger partial charge in [0.25, 0.3) is 5.56 Å². The molecule has 0 fully saturated rings. The quantitative estimate of drug-likeness (QED) is 0.588. The molecule has 0 saturated carbocycles. The summed E-state index contributed by atoms with van der Waals surface area (Å²) in [5.41, 5.74) is 0.893. The number of carboxylic acid groups (broad SMARTS) is 1. The lowest BCUT2D eigenvalue weighted by Gasteiger charge is -2.10. The lowest BCUT2D eigenvalue weighted by Crippen LogP contribution is -2.22. The summed E-state index contributed by atoms with van der Waals surface area (Å²) >= 11 is 1.56. The first kappa shape index (κ1) is 17.1. The van der Waals surface area contributed by atoms with Gasteiger partial charge in [0.05, 0.1) is 18.6 Å². The van der Waals surface area contributed by atoms with Gasteiger partial charge in [-0.2, -0.15) is 0 Å². The van der Waals surface area contributed by atoms with E-state index in [1.165, 1.54) is 0 Å². The molecule has 6 nitrogen and oxygen atoms in total. The van der Waals surface area contributed by atoms with Gasteiger partial charge in [-0.1, -0.05) is 18.2 Å². The molecule has 0 radical (unpaired) electrons. The van der Waals surface area contributed by atoms with Gasteiger partial charge in [0.15, 0.2) is 5.78 Å². The lowest BCUT2D eigenvalue weighted by atomic mass is 9.97. The highest BCUT2D eigenvalue weighted by molar-refractivity contribution is 7.13. The zero-order valence-corrected chi connectivity index (χ0v) is 13.9. The Balaban J connectivity index is 2.12. The fraction of sp³-hybridized carbons (Fsp3) is 0.167. The molecule has 0 unspecified atom stereocenters. The van der Waals surface area contributed by atoms with Crippen molar-refractivity contribution in [2.75, 3.05) is 0 Å². The molecule has 1 aromatic carbocycles. The van der Waals surface area contributed by atoms with Crippen LogP contribution in [0.5, 0.6) is 0 Å². The molecule has 0 amide bonds. The predicted octanol–water partition coefficient (Wildman–Crippen LogP) is 2.80. The molecule has 3 rings (SSSR count). The number of aromatic nitrogens is 1. The highest BCUT2D eigenvalue weighted by Crippen LogP contribution is 2.29. The van der Waals surface area contributed by atoms with E-state index in [1.807, 2.05) is 23.6 Å². The number of aromatic amines is 1. The summed E-state index contributed by atoms with van der Waals surface area (Å²) in [6, 6.07) is 9.29. The summed E-state index contributed by atoms with van der Waals surface area (Å²) < 4.78 is 0. The lowest BCUT2D eigenvalue weighted by molar-refractivity contribution is -0.136. The van der Waals surface area contributed by atoms with Crippen LogP contribution in [-0.4, -0.2) is 26.9 Å². The molecule has 3 aromatic rings. The second-order valence-electron chi connectivity index (χ2n) is 5.52. The van der Waals surface area contributed by atoms with Crippen LogP contribution in [0.1, 0.15) is 28.8 Å². The van der Waals surface area contributed by atoms with Crippen molar-refractivity contribution in [1.29, 1.82) is 0 Å². The van der Waals surface area contributed by atoms with E-state index in [9.17, 15) is 19.5 Å². The number of aliphatic carboxylic acids is 1. The van der Waals surface area contributed by atoms with Gasteiger partial charge in [-0.3, -0.25) is 14.4 Å². The van der Waals surface area contributed by atoms with Gasteiger partial charge in [-0.15, -0.1) is 11.3 Å². The number of aliphatic hydroxyl groups excluding tert-OH is 1. The van der Waals surface area contributed by atoms with Crippen molar-refractivity contribution in [1.82, 2.24) is 4.98 Å². The van der Waals surface area contributed by atoms with Crippen molar-refractivity contribution in [2.45, 2.75) is 19.4 Å². The number of rotatable bonds is 6. The summed E-state index contributed by atoms with van der Waals surface area (Å²) in [6.07, 6.45) is -0.650. The minimum absolute atomic E-state index is 0.167. The van der Waals surface area contributed by atoms with E-state index in [2.05, 4.69) is 4.98 Å². The third-order valence-corrected chi connectivity index (χ3v) is 4.85. The molecule has 0 saturated heterocycles. The SMILES string of the molecule is O=C(O)CCC(=O)c1c(CO)c2ccc(-c3cccs3)cc2[nH]c1=O. The van der Waals surface area contributed by atoms with Crippen LogP contribution in [0.3, 0.4) is 0 Å². The molecular formula is C18H15NO5S. The normalized spacial score (nSPS) is 10.9. The summed E-state index contributed by atoms with van der Waals surface area (Å²) in [6.45, 7) is -0.479. The van der Waals surface area contributed by atoms with Crippen LogP contribution in [-0.2, 0) is 11.4 Å². The number of nitrogens with one attached hydrogen (secondary N) is 1. The van der Waals surface area contributed by atoms with E-state index < -0.39 is 23.9 Å². The number of ketones is 1. The number of thiophene rings is 1. The zero-order chi connectivity index (χ0) is 18.0. The van der Waals surface area contributed by atoms with Crippen LogP contribution in [0.15, 0.2) is 40.5 Å². The van der Waals surface area contributed by atoms with Crippen molar-refractivity contribution in [3.8, 4) is 10.4 Å². The Kier molecular flexibility index (Phi) is 4.78. The number of hydrogen-bond donors (Lipinski definition) is 3. The number of carbonyl (C=O) groups excluding carboxylic acids is 1. The number of benzene rings is 1. The van der Waals surface area contributed by atoms with E-state index in [-0.39, 0.29) is 24.0 Å². The first-order valence-corrected chi connectivity index (χ1v) is 8.48. The molecule has 3 N–H and O–H groups in total. The number of H-pyrrole nitrogens is 1. The maximum absolute atomic E-state index is 12.4. The standard InChI is InChI=1S/C18H15NO5S/c20-9-12-11-4-3-10(15-2-1-7-25-15)8-13(11)19-18(24)17(12)14(21)5-6-16(22)23/h1-4,7-8,20H,5-6,9H2,(H,19,24)(H,22,23). The van der Waals surface area contributed by atoms with Gasteiger partial charge in [0.1, 0.15) is 0 Å². The molecule has 128 valence electrons. The average molecular weight is 357 g/mol. The number of hydrogen-bond acceptors (Lipinski definition) is 5. The third-order valence-electron chi connectivity index (χ3n) is 3.93. The van der Waals surface area contributed by atoms with Crippen LogP contribution < -0.4 is 5.56 Å². The fourth-order valence-electron chi connectivity index (χ4n) is 2.77. The molecular weight excluding hydrogens is 342 g/mol. The van der Waals surface area contributed by atoms with Crippen LogP contribution in [0.2, 0.25) is 0 Å². The highest BCUT2D eigenvalue weighted by atomic mass is 32.1. The molecule has 0 aliphatic rings. The summed E-state index contributed by atoms with van der Waals surface area (Å²) in [4.78, 5) is 39.0. The molecule has 0 aliphatic carbocycles. The van der Waals surface area contributed by atoms with Crippen LogP contribution in [0.25, 0.3) is 21.3 Å². The van der Waals surface area contributed by atoms with Gasteiger partial charge in [0.2, 0.25) is 0 Å². The number of carboxylic acids is 1. The van der Waals surface area contributed by atoms with Gasteiger partial charge in [-0.25, -0.2) is 0 Å².